The Bertz CT molecular complexity index is 887. The third-order valence-electron chi connectivity index (χ3n) is 6.29. The van der Waals surface area contributed by atoms with Crippen molar-refractivity contribution < 1.29 is 18.7 Å². The number of nitrogen functional groups attached to an aromatic ring is 1. The Balaban J connectivity index is 1.37. The van der Waals surface area contributed by atoms with Crippen molar-refractivity contribution in [2.75, 3.05) is 17.6 Å². The molecule has 0 aromatic carbocycles. The number of halogens is 2. The van der Waals surface area contributed by atoms with Crippen LogP contribution in [-0.4, -0.2) is 43.3 Å². The van der Waals surface area contributed by atoms with Gasteiger partial charge in [0.05, 0.1) is 22.4 Å². The molecule has 2 aromatic rings. The maximum absolute atomic E-state index is 12.6. The molecule has 0 radical (unpaired) electrons. The second kappa shape index (κ2) is 7.33. The lowest BCUT2D eigenvalue weighted by Gasteiger charge is -2.25. The van der Waals surface area contributed by atoms with Gasteiger partial charge in [-0.25, -0.2) is 18.7 Å². The molecule has 0 saturated heterocycles. The molecule has 29 heavy (non-hydrogen) atoms. The van der Waals surface area contributed by atoms with Gasteiger partial charge in [-0.2, -0.15) is 5.10 Å². The summed E-state index contributed by atoms with van der Waals surface area (Å²) < 4.78 is 26.7. The van der Waals surface area contributed by atoms with Crippen molar-refractivity contribution in [2.24, 2.45) is 18.9 Å². The van der Waals surface area contributed by atoms with E-state index in [2.05, 4.69) is 20.4 Å². The first-order valence-corrected chi connectivity index (χ1v) is 9.63. The molecule has 2 saturated carbocycles. The number of carbonyl (C=O) groups excluding carboxylic acids is 1. The average molecular weight is 406 g/mol. The van der Waals surface area contributed by atoms with Crippen LogP contribution < -0.4 is 11.1 Å². The molecule has 8 nitrogen and oxygen atoms in total. The quantitative estimate of drug-likeness (QED) is 0.630. The van der Waals surface area contributed by atoms with E-state index in [0.717, 1.165) is 37.2 Å². The van der Waals surface area contributed by atoms with E-state index in [1.165, 1.54) is 4.68 Å². The monoisotopic (exact) mass is 406 g/mol. The maximum atomic E-state index is 12.6. The summed E-state index contributed by atoms with van der Waals surface area (Å²) in [6.07, 6.45) is 3.27. The minimum Gasteiger partial charge on any atom is -0.388 e. The minimum absolute atomic E-state index is 0.163. The number of aliphatic hydroxyl groups is 1. The Morgan fingerprint density at radius 3 is 2.52 bits per heavy atom. The molecule has 4 rings (SSSR count). The summed E-state index contributed by atoms with van der Waals surface area (Å²) in [4.78, 5) is 19.2. The van der Waals surface area contributed by atoms with E-state index in [1.54, 1.807) is 7.05 Å². The summed E-state index contributed by atoms with van der Waals surface area (Å²) in [6, 6.07) is 0. The van der Waals surface area contributed by atoms with Crippen LogP contribution in [0.15, 0.2) is 12.4 Å². The van der Waals surface area contributed by atoms with Gasteiger partial charge in [0.25, 0.3) is 6.43 Å². The van der Waals surface area contributed by atoms with Crippen LogP contribution in [0.1, 0.15) is 59.6 Å². The van der Waals surface area contributed by atoms with Crippen LogP contribution in [0.5, 0.6) is 0 Å². The van der Waals surface area contributed by atoms with Crippen molar-refractivity contribution in [3.63, 3.8) is 0 Å². The van der Waals surface area contributed by atoms with Gasteiger partial charge in [0.2, 0.25) is 5.95 Å². The molecule has 2 heterocycles. The van der Waals surface area contributed by atoms with Gasteiger partial charge in [-0.3, -0.25) is 9.48 Å². The Hall–Kier alpha value is -2.62. The molecule has 0 amide bonds. The fourth-order valence-corrected chi connectivity index (χ4v) is 4.92. The summed E-state index contributed by atoms with van der Waals surface area (Å²) in [7, 11) is 1.72. The summed E-state index contributed by atoms with van der Waals surface area (Å²) in [5, 5.41) is 18.4. The van der Waals surface area contributed by atoms with Crippen molar-refractivity contribution in [3.05, 3.63) is 29.2 Å². The second-order valence-electron chi connectivity index (χ2n) is 8.24. The van der Waals surface area contributed by atoms with E-state index in [9.17, 15) is 18.7 Å². The molecule has 0 spiro atoms. The summed E-state index contributed by atoms with van der Waals surface area (Å²) in [5.41, 5.74) is 6.02. The van der Waals surface area contributed by atoms with E-state index >= 15 is 0 Å². The molecular formula is C19H24F2N6O2. The van der Waals surface area contributed by atoms with Crippen LogP contribution in [0, 0.1) is 11.8 Å². The van der Waals surface area contributed by atoms with Crippen molar-refractivity contribution in [1.29, 1.82) is 0 Å². The van der Waals surface area contributed by atoms with Crippen LogP contribution in [0.25, 0.3) is 0 Å². The van der Waals surface area contributed by atoms with Crippen LogP contribution in [0.3, 0.4) is 0 Å². The van der Waals surface area contributed by atoms with Crippen LogP contribution in [0.4, 0.5) is 20.5 Å². The van der Waals surface area contributed by atoms with Gasteiger partial charge in [0, 0.05) is 31.9 Å². The van der Waals surface area contributed by atoms with Crippen molar-refractivity contribution >= 4 is 18.1 Å². The van der Waals surface area contributed by atoms with Gasteiger partial charge in [-0.05, 0) is 37.5 Å². The molecule has 2 atom stereocenters. The minimum atomic E-state index is -2.61. The normalized spacial score (nSPS) is 28.7. The van der Waals surface area contributed by atoms with Gasteiger partial charge >= 0.3 is 0 Å². The molecule has 156 valence electrons. The third kappa shape index (κ3) is 3.68. The average Bonchev–Trinajstić information content (AvgIpc) is 3.30. The molecule has 2 fully saturated rings. The number of nitrogens with one attached hydrogen (secondary N) is 1. The number of anilines is 2. The molecule has 10 heteroatoms. The van der Waals surface area contributed by atoms with Gasteiger partial charge in [-0.1, -0.05) is 0 Å². The van der Waals surface area contributed by atoms with Crippen molar-refractivity contribution in [1.82, 2.24) is 19.7 Å². The van der Waals surface area contributed by atoms with Crippen LogP contribution in [0.2, 0.25) is 0 Å². The number of nitrogens with two attached hydrogens (primary N) is 1. The predicted molar refractivity (Wildman–Crippen MR) is 102 cm³/mol. The number of aldehydes is 1. The lowest BCUT2D eigenvalue weighted by Crippen LogP contribution is -2.35. The fourth-order valence-electron chi connectivity index (χ4n) is 4.92. The number of rotatable bonds is 6. The van der Waals surface area contributed by atoms with E-state index in [4.69, 9.17) is 5.73 Å². The highest BCUT2D eigenvalue weighted by Crippen LogP contribution is 2.54. The third-order valence-corrected chi connectivity index (χ3v) is 6.29. The molecule has 0 aliphatic heterocycles. The van der Waals surface area contributed by atoms with Crippen LogP contribution in [-0.2, 0) is 7.05 Å². The number of fused-ring (bicyclic) bond motifs is 1. The van der Waals surface area contributed by atoms with Gasteiger partial charge in [-0.15, -0.1) is 0 Å². The van der Waals surface area contributed by atoms with Crippen LogP contribution >= 0.6 is 0 Å². The molecule has 2 aliphatic carbocycles. The van der Waals surface area contributed by atoms with E-state index < -0.39 is 12.0 Å². The predicted octanol–water partition coefficient (Wildman–Crippen LogP) is 2.29. The standard InChI is InChI=1S/C19H24F2N6O2/c1-27-17(22)14(8-28)15(26-27)10-2-11-4-19(29,5-12(11)3-10)9-25-18-23-6-13(7-24-18)16(20)21/h6-8,10-12,16,29H,2-5,9,22H2,1H3,(H,23,24,25). The molecule has 2 aromatic heterocycles. The van der Waals surface area contributed by atoms with Gasteiger partial charge in [0.15, 0.2) is 6.29 Å². The fraction of sp³-hybridized carbons (Fsp3) is 0.579. The Morgan fingerprint density at radius 2 is 1.97 bits per heavy atom. The topological polar surface area (TPSA) is 119 Å². The summed E-state index contributed by atoms with van der Waals surface area (Å²) in [6.45, 7) is 0.259. The lowest BCUT2D eigenvalue weighted by molar-refractivity contribution is 0.0513. The number of hydrogen-bond donors (Lipinski definition) is 3. The largest absolute Gasteiger partial charge is 0.388 e. The number of aryl methyl sites for hydroxylation is 1. The first-order valence-electron chi connectivity index (χ1n) is 9.63. The molecule has 0 bridgehead atoms. The maximum Gasteiger partial charge on any atom is 0.266 e. The first-order chi connectivity index (χ1) is 13.8. The zero-order chi connectivity index (χ0) is 20.8. The van der Waals surface area contributed by atoms with Gasteiger partial charge in [0.1, 0.15) is 5.82 Å². The molecular weight excluding hydrogens is 382 g/mol. The van der Waals surface area contributed by atoms with E-state index in [0.29, 0.717) is 36.1 Å². The first kappa shape index (κ1) is 19.7. The number of hydrogen-bond acceptors (Lipinski definition) is 7. The smallest absolute Gasteiger partial charge is 0.266 e. The Kier molecular flexibility index (Phi) is 4.97. The van der Waals surface area contributed by atoms with Crippen molar-refractivity contribution in [3.8, 4) is 0 Å². The molecule has 4 N–H and O–H groups in total. The number of aromatic nitrogens is 4. The van der Waals surface area contributed by atoms with Crippen molar-refractivity contribution in [2.45, 2.75) is 43.6 Å². The zero-order valence-corrected chi connectivity index (χ0v) is 16.1. The van der Waals surface area contributed by atoms with Gasteiger partial charge < -0.3 is 16.2 Å². The number of alkyl halides is 2. The number of nitrogens with zero attached hydrogens (tertiary/aromatic N) is 4. The SMILES string of the molecule is Cn1nc(C2CC3CC(O)(CNc4ncc(C(F)F)cn4)CC3C2)c(C=O)c1N. The summed E-state index contributed by atoms with van der Waals surface area (Å²) >= 11 is 0. The van der Waals surface area contributed by atoms with E-state index in [-0.39, 0.29) is 24.0 Å². The van der Waals surface area contributed by atoms with E-state index in [1.807, 2.05) is 0 Å². The molecule has 2 aliphatic rings. The molecule has 2 unspecified atom stereocenters. The summed E-state index contributed by atoms with van der Waals surface area (Å²) in [5.74, 6) is 1.42. The lowest BCUT2D eigenvalue weighted by atomic mass is 9.92. The highest BCUT2D eigenvalue weighted by atomic mass is 19.3. The Labute approximate surface area is 166 Å². The number of carbonyl (C=O) groups is 1. The highest BCUT2D eigenvalue weighted by Gasteiger charge is 2.49. The second-order valence-corrected chi connectivity index (χ2v) is 8.24. The highest BCUT2D eigenvalue weighted by molar-refractivity contribution is 5.83. The zero-order valence-electron chi connectivity index (χ0n) is 16.1. The Morgan fingerprint density at radius 1 is 1.34 bits per heavy atom.